The lowest BCUT2D eigenvalue weighted by molar-refractivity contribution is 0.0953. The second-order valence-corrected chi connectivity index (χ2v) is 6.87. The molecule has 4 nitrogen and oxygen atoms in total. The van der Waals surface area contributed by atoms with Gasteiger partial charge in [0.1, 0.15) is 0 Å². The number of carbonyl (C=O) groups excluding carboxylic acids is 1. The molecule has 1 heterocycles. The molecule has 3 rings (SSSR count). The molecule has 0 radical (unpaired) electrons. The summed E-state index contributed by atoms with van der Waals surface area (Å²) in [7, 11) is 1.39. The number of rotatable bonds is 6. The Labute approximate surface area is 155 Å². The normalized spacial score (nSPS) is 10.6. The molecule has 0 atom stereocenters. The fraction of sp³-hybridized carbons (Fsp3) is 0.200. The summed E-state index contributed by atoms with van der Waals surface area (Å²) in [4.78, 5) is 16.6. The molecule has 0 bridgehead atoms. The van der Waals surface area contributed by atoms with Crippen molar-refractivity contribution < 1.29 is 13.9 Å². The second kappa shape index (κ2) is 8.10. The first-order valence-electron chi connectivity index (χ1n) is 8.20. The minimum Gasteiger partial charge on any atom is -0.494 e. The minimum atomic E-state index is -0.548. The Balaban J connectivity index is 1.54. The first-order valence-corrected chi connectivity index (χ1v) is 9.08. The van der Waals surface area contributed by atoms with E-state index in [2.05, 4.69) is 10.3 Å². The topological polar surface area (TPSA) is 51.2 Å². The molecule has 0 aliphatic rings. The number of hydrogen-bond acceptors (Lipinski definition) is 4. The second-order valence-electron chi connectivity index (χ2n) is 5.80. The van der Waals surface area contributed by atoms with Crippen LogP contribution in [0.2, 0.25) is 0 Å². The Morgan fingerprint density at radius 1 is 1.23 bits per heavy atom. The number of methoxy groups -OCH3 is 1. The molecule has 1 aromatic heterocycles. The van der Waals surface area contributed by atoms with E-state index in [9.17, 15) is 9.18 Å². The standard InChI is InChI=1S/C20H19FN2O2S/c1-13-23-18(12-26-13)15-5-3-14(4-6-15)9-10-22-20(24)16-7-8-19(25-2)17(21)11-16/h3-8,11-12H,9-10H2,1-2H3,(H,22,24). The molecule has 0 unspecified atom stereocenters. The van der Waals surface area contributed by atoms with Gasteiger partial charge in [0.15, 0.2) is 11.6 Å². The Kier molecular flexibility index (Phi) is 5.63. The molecule has 6 heteroatoms. The fourth-order valence-corrected chi connectivity index (χ4v) is 3.19. The van der Waals surface area contributed by atoms with Crippen molar-refractivity contribution in [2.75, 3.05) is 13.7 Å². The van der Waals surface area contributed by atoms with Gasteiger partial charge in [0.05, 0.1) is 17.8 Å². The lowest BCUT2D eigenvalue weighted by Gasteiger charge is -2.07. The number of nitrogens with one attached hydrogen (secondary N) is 1. The zero-order valence-corrected chi connectivity index (χ0v) is 15.4. The van der Waals surface area contributed by atoms with Gasteiger partial charge in [0.25, 0.3) is 5.91 Å². The summed E-state index contributed by atoms with van der Waals surface area (Å²) < 4.78 is 18.5. The lowest BCUT2D eigenvalue weighted by Crippen LogP contribution is -2.25. The van der Waals surface area contributed by atoms with Crippen molar-refractivity contribution in [2.45, 2.75) is 13.3 Å². The molecule has 0 aliphatic carbocycles. The largest absolute Gasteiger partial charge is 0.494 e. The van der Waals surface area contributed by atoms with Gasteiger partial charge in [-0.15, -0.1) is 11.3 Å². The average molecular weight is 370 g/mol. The first-order chi connectivity index (χ1) is 12.6. The number of amides is 1. The predicted molar refractivity (Wildman–Crippen MR) is 101 cm³/mol. The van der Waals surface area contributed by atoms with Gasteiger partial charge in [-0.1, -0.05) is 24.3 Å². The first kappa shape index (κ1) is 18.1. The number of nitrogens with zero attached hydrogens (tertiary/aromatic N) is 1. The quantitative estimate of drug-likeness (QED) is 0.706. The van der Waals surface area contributed by atoms with Crippen molar-refractivity contribution >= 4 is 17.2 Å². The van der Waals surface area contributed by atoms with E-state index in [1.807, 2.05) is 36.6 Å². The molecule has 0 saturated carbocycles. The molecular weight excluding hydrogens is 351 g/mol. The molecule has 0 spiro atoms. The van der Waals surface area contributed by atoms with Gasteiger partial charge >= 0.3 is 0 Å². The van der Waals surface area contributed by atoms with Crippen LogP contribution in [0.4, 0.5) is 4.39 Å². The minimum absolute atomic E-state index is 0.122. The molecule has 1 N–H and O–H groups in total. The number of ether oxygens (including phenoxy) is 1. The van der Waals surface area contributed by atoms with Crippen molar-refractivity contribution in [3.8, 4) is 17.0 Å². The number of aromatic nitrogens is 1. The Bertz CT molecular complexity index is 906. The third kappa shape index (κ3) is 4.26. The van der Waals surface area contributed by atoms with Crippen LogP contribution in [0.3, 0.4) is 0 Å². The number of halogens is 1. The summed E-state index contributed by atoms with van der Waals surface area (Å²) in [6.45, 7) is 2.46. The number of thiazole rings is 1. The van der Waals surface area contributed by atoms with E-state index >= 15 is 0 Å². The summed E-state index contributed by atoms with van der Waals surface area (Å²) in [6, 6.07) is 12.3. The van der Waals surface area contributed by atoms with Crippen LogP contribution in [0, 0.1) is 12.7 Å². The third-order valence-corrected chi connectivity index (χ3v) is 4.76. The van der Waals surface area contributed by atoms with Gasteiger partial charge in [0.2, 0.25) is 0 Å². The van der Waals surface area contributed by atoms with Gasteiger partial charge in [0, 0.05) is 23.1 Å². The SMILES string of the molecule is COc1ccc(C(=O)NCCc2ccc(-c3csc(C)n3)cc2)cc1F. The molecule has 26 heavy (non-hydrogen) atoms. The molecule has 1 amide bonds. The summed E-state index contributed by atoms with van der Waals surface area (Å²) in [6.07, 6.45) is 0.695. The van der Waals surface area contributed by atoms with Gasteiger partial charge in [-0.3, -0.25) is 4.79 Å². The van der Waals surface area contributed by atoms with E-state index in [1.54, 1.807) is 17.4 Å². The van der Waals surface area contributed by atoms with E-state index in [0.29, 0.717) is 13.0 Å². The molecular formula is C20H19FN2O2S. The number of carbonyl (C=O) groups is 1. The Hall–Kier alpha value is -2.73. The van der Waals surface area contributed by atoms with E-state index in [4.69, 9.17) is 4.74 Å². The zero-order valence-electron chi connectivity index (χ0n) is 14.6. The van der Waals surface area contributed by atoms with Gasteiger partial charge in [-0.05, 0) is 37.1 Å². The fourth-order valence-electron chi connectivity index (χ4n) is 2.57. The maximum Gasteiger partial charge on any atom is 0.251 e. The van der Waals surface area contributed by atoms with Crippen LogP contribution in [-0.4, -0.2) is 24.5 Å². The number of benzene rings is 2. The predicted octanol–water partition coefficient (Wildman–Crippen LogP) is 4.24. The molecule has 134 valence electrons. The number of hydrogen-bond donors (Lipinski definition) is 1. The average Bonchev–Trinajstić information content (AvgIpc) is 3.08. The third-order valence-electron chi connectivity index (χ3n) is 3.98. The zero-order chi connectivity index (χ0) is 18.5. The monoisotopic (exact) mass is 370 g/mol. The number of aryl methyl sites for hydroxylation is 1. The van der Waals surface area contributed by atoms with Crippen LogP contribution in [0.15, 0.2) is 47.8 Å². The molecule has 2 aromatic carbocycles. The highest BCUT2D eigenvalue weighted by Crippen LogP contribution is 2.22. The molecule has 3 aromatic rings. The maximum absolute atomic E-state index is 13.7. The van der Waals surface area contributed by atoms with E-state index in [1.165, 1.54) is 19.2 Å². The summed E-state index contributed by atoms with van der Waals surface area (Å²) in [5, 5.41) is 5.89. The smallest absolute Gasteiger partial charge is 0.251 e. The summed E-state index contributed by atoms with van der Waals surface area (Å²) in [5.41, 5.74) is 3.45. The lowest BCUT2D eigenvalue weighted by atomic mass is 10.1. The molecule has 0 aliphatic heterocycles. The Morgan fingerprint density at radius 2 is 2.00 bits per heavy atom. The van der Waals surface area contributed by atoms with Crippen LogP contribution in [-0.2, 0) is 6.42 Å². The van der Waals surface area contributed by atoms with Crippen LogP contribution >= 0.6 is 11.3 Å². The highest BCUT2D eigenvalue weighted by molar-refractivity contribution is 7.09. The molecule has 0 fully saturated rings. The highest BCUT2D eigenvalue weighted by Gasteiger charge is 2.09. The van der Waals surface area contributed by atoms with Crippen LogP contribution < -0.4 is 10.1 Å². The van der Waals surface area contributed by atoms with E-state index in [0.717, 1.165) is 21.8 Å². The summed E-state index contributed by atoms with van der Waals surface area (Å²) in [5.74, 6) is -0.730. The highest BCUT2D eigenvalue weighted by atomic mass is 32.1. The van der Waals surface area contributed by atoms with Crippen molar-refractivity contribution in [1.29, 1.82) is 0 Å². The van der Waals surface area contributed by atoms with Crippen molar-refractivity contribution in [3.63, 3.8) is 0 Å². The van der Waals surface area contributed by atoms with Gasteiger partial charge < -0.3 is 10.1 Å². The Morgan fingerprint density at radius 3 is 2.62 bits per heavy atom. The van der Waals surface area contributed by atoms with Crippen molar-refractivity contribution in [1.82, 2.24) is 10.3 Å². The van der Waals surface area contributed by atoms with Crippen molar-refractivity contribution in [2.24, 2.45) is 0 Å². The van der Waals surface area contributed by atoms with Gasteiger partial charge in [-0.2, -0.15) is 0 Å². The van der Waals surface area contributed by atoms with E-state index < -0.39 is 5.82 Å². The van der Waals surface area contributed by atoms with Crippen LogP contribution in [0.25, 0.3) is 11.3 Å². The van der Waals surface area contributed by atoms with Crippen molar-refractivity contribution in [3.05, 3.63) is 69.8 Å². The van der Waals surface area contributed by atoms with Crippen LogP contribution in [0.1, 0.15) is 20.9 Å². The molecule has 0 saturated heterocycles. The van der Waals surface area contributed by atoms with Crippen LogP contribution in [0.5, 0.6) is 5.75 Å². The van der Waals surface area contributed by atoms with Gasteiger partial charge in [-0.25, -0.2) is 9.37 Å². The van der Waals surface area contributed by atoms with E-state index in [-0.39, 0.29) is 17.2 Å². The summed E-state index contributed by atoms with van der Waals surface area (Å²) >= 11 is 1.63. The maximum atomic E-state index is 13.7.